The maximum absolute atomic E-state index is 11.6. The van der Waals surface area contributed by atoms with Crippen molar-refractivity contribution in [3.05, 3.63) is 22.4 Å². The summed E-state index contributed by atoms with van der Waals surface area (Å²) in [5.74, 6) is -0.407. The smallest absolute Gasteiger partial charge is 0.261 e. The predicted octanol–water partition coefficient (Wildman–Crippen LogP) is 0.757. The number of thiophene rings is 1. The van der Waals surface area contributed by atoms with E-state index in [0.717, 1.165) is 19.3 Å². The summed E-state index contributed by atoms with van der Waals surface area (Å²) in [6.45, 7) is 0.734. The van der Waals surface area contributed by atoms with E-state index in [4.69, 9.17) is 5.11 Å². The molecule has 0 atom stereocenters. The molecule has 0 radical (unpaired) electrons. The molecule has 1 aromatic heterocycles. The standard InChI is InChI=1S/C13H18N2O3S/c16-6-5-13(3-4-13)9-15-11(17)8-14-12(18)10-2-1-7-19-10/h1-2,7,16H,3-6,8-9H2,(H,14,18)(H,15,17). The third kappa shape index (κ3) is 4.04. The molecule has 2 rings (SSSR count). The molecule has 1 aliphatic rings. The van der Waals surface area contributed by atoms with Crippen LogP contribution in [0.4, 0.5) is 0 Å². The molecule has 0 aromatic carbocycles. The fourth-order valence-corrected chi connectivity index (χ4v) is 2.57. The van der Waals surface area contributed by atoms with Crippen LogP contribution in [0.15, 0.2) is 17.5 Å². The van der Waals surface area contributed by atoms with Crippen molar-refractivity contribution in [2.45, 2.75) is 19.3 Å². The van der Waals surface area contributed by atoms with Crippen molar-refractivity contribution < 1.29 is 14.7 Å². The molecular formula is C13H18N2O3S. The summed E-state index contributed by atoms with van der Waals surface area (Å²) < 4.78 is 0. The summed E-state index contributed by atoms with van der Waals surface area (Å²) >= 11 is 1.35. The topological polar surface area (TPSA) is 78.4 Å². The summed E-state index contributed by atoms with van der Waals surface area (Å²) in [4.78, 5) is 23.8. The highest BCUT2D eigenvalue weighted by Crippen LogP contribution is 2.47. The van der Waals surface area contributed by atoms with Gasteiger partial charge in [-0.2, -0.15) is 0 Å². The van der Waals surface area contributed by atoms with Crippen LogP contribution in [-0.4, -0.2) is 36.6 Å². The largest absolute Gasteiger partial charge is 0.396 e. The van der Waals surface area contributed by atoms with Gasteiger partial charge in [0.05, 0.1) is 11.4 Å². The molecule has 1 heterocycles. The summed E-state index contributed by atoms with van der Waals surface area (Å²) in [7, 11) is 0. The van der Waals surface area contributed by atoms with Crippen molar-refractivity contribution in [2.24, 2.45) is 5.41 Å². The number of nitrogens with one attached hydrogen (secondary N) is 2. The molecule has 1 aliphatic carbocycles. The highest BCUT2D eigenvalue weighted by atomic mass is 32.1. The quantitative estimate of drug-likeness (QED) is 0.691. The highest BCUT2D eigenvalue weighted by molar-refractivity contribution is 7.12. The van der Waals surface area contributed by atoms with Gasteiger partial charge in [0.1, 0.15) is 0 Å². The van der Waals surface area contributed by atoms with Crippen LogP contribution in [0, 0.1) is 5.41 Å². The van der Waals surface area contributed by atoms with E-state index in [1.807, 2.05) is 5.38 Å². The van der Waals surface area contributed by atoms with Crippen molar-refractivity contribution in [1.82, 2.24) is 10.6 Å². The van der Waals surface area contributed by atoms with Crippen LogP contribution in [0.2, 0.25) is 0 Å². The first kappa shape index (κ1) is 14.0. The first-order chi connectivity index (χ1) is 9.15. The summed E-state index contributed by atoms with van der Waals surface area (Å²) in [6.07, 6.45) is 2.83. The van der Waals surface area contributed by atoms with E-state index in [-0.39, 0.29) is 30.4 Å². The second-order valence-electron chi connectivity index (χ2n) is 4.91. The van der Waals surface area contributed by atoms with Crippen LogP contribution in [0.1, 0.15) is 28.9 Å². The van der Waals surface area contributed by atoms with Crippen molar-refractivity contribution in [3.63, 3.8) is 0 Å². The molecule has 6 heteroatoms. The Hall–Kier alpha value is -1.40. The van der Waals surface area contributed by atoms with Gasteiger partial charge in [0, 0.05) is 13.2 Å². The van der Waals surface area contributed by atoms with Gasteiger partial charge in [-0.15, -0.1) is 11.3 Å². The van der Waals surface area contributed by atoms with Gasteiger partial charge in [-0.1, -0.05) is 6.07 Å². The first-order valence-corrected chi connectivity index (χ1v) is 7.22. The zero-order valence-corrected chi connectivity index (χ0v) is 11.5. The molecule has 5 nitrogen and oxygen atoms in total. The summed E-state index contributed by atoms with van der Waals surface area (Å²) in [6, 6.07) is 3.52. The Morgan fingerprint density at radius 1 is 1.37 bits per heavy atom. The van der Waals surface area contributed by atoms with Crippen LogP contribution in [0.5, 0.6) is 0 Å². The van der Waals surface area contributed by atoms with Gasteiger partial charge in [-0.3, -0.25) is 9.59 Å². The van der Waals surface area contributed by atoms with Gasteiger partial charge in [-0.05, 0) is 36.1 Å². The minimum Gasteiger partial charge on any atom is -0.396 e. The Kier molecular flexibility index (Phi) is 4.55. The fourth-order valence-electron chi connectivity index (χ4n) is 1.93. The number of hydrogen-bond acceptors (Lipinski definition) is 4. The van der Waals surface area contributed by atoms with Gasteiger partial charge in [0.25, 0.3) is 5.91 Å². The number of carbonyl (C=O) groups is 2. The lowest BCUT2D eigenvalue weighted by molar-refractivity contribution is -0.120. The van der Waals surface area contributed by atoms with E-state index < -0.39 is 0 Å². The van der Waals surface area contributed by atoms with Crippen LogP contribution >= 0.6 is 11.3 Å². The van der Waals surface area contributed by atoms with Crippen molar-refractivity contribution in [3.8, 4) is 0 Å². The minimum atomic E-state index is -0.221. The Bertz CT molecular complexity index is 441. The number of hydrogen-bond donors (Lipinski definition) is 3. The maximum Gasteiger partial charge on any atom is 0.261 e. The lowest BCUT2D eigenvalue weighted by atomic mass is 10.0. The molecule has 3 N–H and O–H groups in total. The number of aliphatic hydroxyl groups excluding tert-OH is 1. The van der Waals surface area contributed by atoms with Crippen LogP contribution < -0.4 is 10.6 Å². The Morgan fingerprint density at radius 2 is 2.16 bits per heavy atom. The van der Waals surface area contributed by atoms with Gasteiger partial charge >= 0.3 is 0 Å². The average molecular weight is 282 g/mol. The molecule has 1 saturated carbocycles. The van der Waals surface area contributed by atoms with Crippen LogP contribution in [-0.2, 0) is 4.79 Å². The van der Waals surface area contributed by atoms with E-state index in [2.05, 4.69) is 10.6 Å². The monoisotopic (exact) mass is 282 g/mol. The van der Waals surface area contributed by atoms with Gasteiger partial charge in [-0.25, -0.2) is 0 Å². The molecule has 0 spiro atoms. The maximum atomic E-state index is 11.6. The Balaban J connectivity index is 1.66. The normalized spacial score (nSPS) is 15.8. The third-order valence-corrected chi connectivity index (χ3v) is 4.28. The molecule has 0 unspecified atom stereocenters. The van der Waals surface area contributed by atoms with E-state index in [1.165, 1.54) is 11.3 Å². The Labute approximate surface area is 116 Å². The number of rotatable bonds is 7. The van der Waals surface area contributed by atoms with Crippen molar-refractivity contribution in [2.75, 3.05) is 19.7 Å². The van der Waals surface area contributed by atoms with Crippen molar-refractivity contribution in [1.29, 1.82) is 0 Å². The zero-order valence-electron chi connectivity index (χ0n) is 10.6. The second-order valence-corrected chi connectivity index (χ2v) is 5.86. The summed E-state index contributed by atoms with van der Waals surface area (Å²) in [5.41, 5.74) is 0.0994. The fraction of sp³-hybridized carbons (Fsp3) is 0.538. The molecule has 0 bridgehead atoms. The SMILES string of the molecule is O=C(CNC(=O)c1cccs1)NCC1(CCO)CC1. The van der Waals surface area contributed by atoms with Crippen LogP contribution in [0.25, 0.3) is 0 Å². The summed E-state index contributed by atoms with van der Waals surface area (Å²) in [5, 5.41) is 16.1. The van der Waals surface area contributed by atoms with E-state index in [0.29, 0.717) is 11.4 Å². The van der Waals surface area contributed by atoms with Gasteiger partial charge in [0.2, 0.25) is 5.91 Å². The lowest BCUT2D eigenvalue weighted by Crippen LogP contribution is -2.39. The third-order valence-electron chi connectivity index (χ3n) is 3.41. The molecule has 19 heavy (non-hydrogen) atoms. The van der Waals surface area contributed by atoms with Gasteiger partial charge in [0.15, 0.2) is 0 Å². The van der Waals surface area contributed by atoms with E-state index in [1.54, 1.807) is 12.1 Å². The number of carbonyl (C=O) groups excluding carboxylic acids is 2. The number of aliphatic hydroxyl groups is 1. The molecule has 2 amide bonds. The zero-order chi connectivity index (χ0) is 13.7. The predicted molar refractivity (Wildman–Crippen MR) is 73.0 cm³/mol. The van der Waals surface area contributed by atoms with E-state index >= 15 is 0 Å². The lowest BCUT2D eigenvalue weighted by Gasteiger charge is -2.14. The van der Waals surface area contributed by atoms with E-state index in [9.17, 15) is 9.59 Å². The Morgan fingerprint density at radius 3 is 2.74 bits per heavy atom. The highest BCUT2D eigenvalue weighted by Gasteiger charge is 2.41. The molecule has 104 valence electrons. The van der Waals surface area contributed by atoms with Gasteiger partial charge < -0.3 is 15.7 Å². The molecule has 0 aliphatic heterocycles. The number of amides is 2. The molecule has 1 aromatic rings. The molecular weight excluding hydrogens is 264 g/mol. The first-order valence-electron chi connectivity index (χ1n) is 6.34. The van der Waals surface area contributed by atoms with Crippen LogP contribution in [0.3, 0.4) is 0 Å². The minimum absolute atomic E-state index is 0.00800. The van der Waals surface area contributed by atoms with Crippen molar-refractivity contribution >= 4 is 23.2 Å². The average Bonchev–Trinajstić information content (AvgIpc) is 2.95. The second kappa shape index (κ2) is 6.16. The molecule has 1 fully saturated rings. The molecule has 0 saturated heterocycles.